The van der Waals surface area contributed by atoms with E-state index in [1.54, 1.807) is 36.4 Å². The molecule has 35 heavy (non-hydrogen) atoms. The Labute approximate surface area is 212 Å². The molecule has 0 bridgehead atoms. The number of halogens is 2. The van der Waals surface area contributed by atoms with Crippen LogP contribution in [0.3, 0.4) is 0 Å². The van der Waals surface area contributed by atoms with Crippen molar-refractivity contribution in [2.75, 3.05) is 22.6 Å². The van der Waals surface area contributed by atoms with E-state index in [1.807, 2.05) is 24.3 Å². The van der Waals surface area contributed by atoms with Gasteiger partial charge in [0.05, 0.1) is 12.8 Å². The van der Waals surface area contributed by atoms with Crippen LogP contribution in [0, 0.1) is 0 Å². The molecule has 9 heteroatoms. The average Bonchev–Trinajstić information content (AvgIpc) is 3.07. The number of nitrogens with one attached hydrogen (secondary N) is 2. The molecule has 0 spiro atoms. The number of anilines is 3. The summed E-state index contributed by atoms with van der Waals surface area (Å²) in [6.45, 7) is 2.06. The normalized spacial score (nSPS) is 13.3. The van der Waals surface area contributed by atoms with Crippen molar-refractivity contribution in [2.45, 2.75) is 13.3 Å². The molecule has 0 unspecified atom stereocenters. The molecule has 178 valence electrons. The highest BCUT2D eigenvalue weighted by Crippen LogP contribution is 2.37. The zero-order valence-electron chi connectivity index (χ0n) is 18.9. The van der Waals surface area contributed by atoms with Gasteiger partial charge in [-0.3, -0.25) is 14.4 Å². The first kappa shape index (κ1) is 24.3. The third kappa shape index (κ3) is 5.01. The molecule has 3 amide bonds. The first-order chi connectivity index (χ1) is 16.8. The highest BCUT2D eigenvalue weighted by atomic mass is 35.5. The number of imide groups is 1. The number of nitrogens with zero attached hydrogens (tertiary/aromatic N) is 1. The summed E-state index contributed by atoms with van der Waals surface area (Å²) < 4.78 is 5.26. The molecular formula is C26H21Cl2N3O4. The molecule has 4 rings (SSSR count). The number of rotatable bonds is 7. The molecule has 3 aromatic carbocycles. The highest BCUT2D eigenvalue weighted by molar-refractivity contribution is 6.53. The lowest BCUT2D eigenvalue weighted by atomic mass is 10.1. The number of carbonyl (C=O) groups is 3. The number of ether oxygens (including phenoxy) is 1. The number of hydrogen-bond donors (Lipinski definition) is 2. The van der Waals surface area contributed by atoms with Crippen LogP contribution in [0.1, 0.15) is 22.8 Å². The molecule has 0 fully saturated rings. The maximum Gasteiger partial charge on any atom is 0.283 e. The number of carbonyl (C=O) groups excluding carboxylic acids is 3. The molecule has 0 aromatic heterocycles. The van der Waals surface area contributed by atoms with Gasteiger partial charge in [-0.15, -0.1) is 0 Å². The van der Waals surface area contributed by atoms with E-state index >= 15 is 0 Å². The van der Waals surface area contributed by atoms with Crippen LogP contribution in [0.15, 0.2) is 77.5 Å². The summed E-state index contributed by atoms with van der Waals surface area (Å²) in [7, 11) is 1.42. The van der Waals surface area contributed by atoms with E-state index in [-0.39, 0.29) is 22.3 Å². The number of methoxy groups -OCH3 is 1. The summed E-state index contributed by atoms with van der Waals surface area (Å²) in [5, 5.41) is 5.78. The van der Waals surface area contributed by atoms with Crippen molar-refractivity contribution in [2.24, 2.45) is 0 Å². The van der Waals surface area contributed by atoms with Crippen molar-refractivity contribution in [1.82, 2.24) is 0 Å². The summed E-state index contributed by atoms with van der Waals surface area (Å²) in [5.74, 6) is -1.34. The highest BCUT2D eigenvalue weighted by Gasteiger charge is 2.40. The van der Waals surface area contributed by atoms with E-state index < -0.39 is 11.8 Å². The van der Waals surface area contributed by atoms with Gasteiger partial charge in [0.25, 0.3) is 17.7 Å². The smallest absolute Gasteiger partial charge is 0.283 e. The lowest BCUT2D eigenvalue weighted by molar-refractivity contribution is -0.120. The van der Waals surface area contributed by atoms with Crippen LogP contribution >= 0.6 is 23.2 Å². The minimum Gasteiger partial charge on any atom is -0.495 e. The van der Waals surface area contributed by atoms with Crippen molar-refractivity contribution < 1.29 is 19.1 Å². The van der Waals surface area contributed by atoms with E-state index in [4.69, 9.17) is 27.9 Å². The van der Waals surface area contributed by atoms with Crippen LogP contribution in [0.2, 0.25) is 5.02 Å². The second-order valence-corrected chi connectivity index (χ2v) is 8.47. The third-order valence-corrected chi connectivity index (χ3v) is 6.03. The van der Waals surface area contributed by atoms with Gasteiger partial charge >= 0.3 is 0 Å². The molecule has 3 aromatic rings. The Morgan fingerprint density at radius 1 is 0.914 bits per heavy atom. The van der Waals surface area contributed by atoms with Crippen molar-refractivity contribution in [3.05, 3.63) is 93.6 Å². The lowest BCUT2D eigenvalue weighted by Crippen LogP contribution is -2.32. The Kier molecular flexibility index (Phi) is 7.10. The van der Waals surface area contributed by atoms with Gasteiger partial charge < -0.3 is 15.4 Å². The zero-order valence-corrected chi connectivity index (χ0v) is 20.4. The lowest BCUT2D eigenvalue weighted by Gasteiger charge is -2.18. The van der Waals surface area contributed by atoms with E-state index in [2.05, 4.69) is 17.6 Å². The fourth-order valence-corrected chi connectivity index (χ4v) is 3.92. The minimum atomic E-state index is -0.704. The van der Waals surface area contributed by atoms with Crippen LogP contribution in [0.25, 0.3) is 0 Å². The van der Waals surface area contributed by atoms with Crippen LogP contribution in [-0.2, 0) is 16.0 Å². The van der Waals surface area contributed by atoms with Crippen molar-refractivity contribution in [3.8, 4) is 5.75 Å². The van der Waals surface area contributed by atoms with E-state index in [1.165, 1.54) is 18.7 Å². The monoisotopic (exact) mass is 509 g/mol. The largest absolute Gasteiger partial charge is 0.495 e. The van der Waals surface area contributed by atoms with Crippen LogP contribution in [0.5, 0.6) is 5.75 Å². The van der Waals surface area contributed by atoms with Crippen molar-refractivity contribution in [1.29, 1.82) is 0 Å². The average molecular weight is 510 g/mol. The van der Waals surface area contributed by atoms with Crippen LogP contribution in [0.4, 0.5) is 17.1 Å². The maximum atomic E-state index is 13.1. The van der Waals surface area contributed by atoms with Crippen LogP contribution < -0.4 is 20.3 Å². The van der Waals surface area contributed by atoms with E-state index in [0.29, 0.717) is 27.7 Å². The number of benzene rings is 3. The van der Waals surface area contributed by atoms with E-state index in [0.717, 1.165) is 11.3 Å². The fraction of sp³-hybridized carbons (Fsp3) is 0.115. The number of amides is 3. The summed E-state index contributed by atoms with van der Waals surface area (Å²) in [6.07, 6.45) is 0.918. The van der Waals surface area contributed by atoms with Crippen LogP contribution in [-0.4, -0.2) is 24.8 Å². The maximum absolute atomic E-state index is 13.1. The summed E-state index contributed by atoms with van der Waals surface area (Å²) >= 11 is 12.3. The van der Waals surface area contributed by atoms with Gasteiger partial charge in [-0.1, -0.05) is 42.3 Å². The Bertz CT molecular complexity index is 1340. The van der Waals surface area contributed by atoms with E-state index in [9.17, 15) is 14.4 Å². The predicted molar refractivity (Wildman–Crippen MR) is 137 cm³/mol. The zero-order chi connectivity index (χ0) is 25.1. The first-order valence-corrected chi connectivity index (χ1v) is 11.5. The minimum absolute atomic E-state index is 0.0908. The van der Waals surface area contributed by atoms with Crippen molar-refractivity contribution >= 4 is 58.0 Å². The standard InChI is InChI=1S/C26H21Cl2N3O4/c1-3-15-4-9-19(10-5-15)30-24(32)16-6-11-18(12-7-16)29-23-22(28)25(33)31(26(23)34)20-14-17(27)8-13-21(20)35-2/h4-14,29H,3H2,1-2H3,(H,30,32). The third-order valence-electron chi connectivity index (χ3n) is 5.45. The Morgan fingerprint density at radius 2 is 1.57 bits per heavy atom. The molecule has 2 N–H and O–H groups in total. The Morgan fingerprint density at radius 3 is 2.20 bits per heavy atom. The second kappa shape index (κ2) is 10.2. The molecule has 1 aliphatic rings. The molecule has 0 atom stereocenters. The Hall–Kier alpha value is -3.81. The SMILES string of the molecule is CCc1ccc(NC(=O)c2ccc(NC3=C(Cl)C(=O)N(c4cc(Cl)ccc4OC)C3=O)cc2)cc1. The molecule has 0 saturated heterocycles. The summed E-state index contributed by atoms with van der Waals surface area (Å²) in [6, 6.07) is 18.7. The molecular weight excluding hydrogens is 489 g/mol. The summed E-state index contributed by atoms with van der Waals surface area (Å²) in [4.78, 5) is 39.3. The van der Waals surface area contributed by atoms with Crippen molar-refractivity contribution in [3.63, 3.8) is 0 Å². The molecule has 1 aliphatic heterocycles. The number of aryl methyl sites for hydroxylation is 1. The van der Waals surface area contributed by atoms with Gasteiger partial charge in [0.1, 0.15) is 16.5 Å². The van der Waals surface area contributed by atoms with Gasteiger partial charge in [-0.2, -0.15) is 0 Å². The Balaban J connectivity index is 1.49. The molecule has 0 radical (unpaired) electrons. The quantitative estimate of drug-likeness (QED) is 0.404. The second-order valence-electron chi connectivity index (χ2n) is 7.66. The van der Waals surface area contributed by atoms with Gasteiger partial charge in [-0.25, -0.2) is 4.90 Å². The summed E-state index contributed by atoms with van der Waals surface area (Å²) in [5.41, 5.74) is 2.87. The number of hydrogen-bond acceptors (Lipinski definition) is 5. The first-order valence-electron chi connectivity index (χ1n) is 10.7. The predicted octanol–water partition coefficient (Wildman–Crippen LogP) is 5.60. The fourth-order valence-electron chi connectivity index (χ4n) is 3.54. The topological polar surface area (TPSA) is 87.7 Å². The molecule has 7 nitrogen and oxygen atoms in total. The van der Waals surface area contributed by atoms with Gasteiger partial charge in [-0.05, 0) is 66.6 Å². The van der Waals surface area contributed by atoms with Gasteiger partial charge in [0.15, 0.2) is 0 Å². The molecule has 0 saturated carbocycles. The molecule has 0 aliphatic carbocycles. The van der Waals surface area contributed by atoms with Gasteiger partial charge in [0, 0.05) is 22.0 Å². The van der Waals surface area contributed by atoms with Gasteiger partial charge in [0.2, 0.25) is 0 Å². The molecule has 1 heterocycles.